The van der Waals surface area contributed by atoms with Gasteiger partial charge in [-0.3, -0.25) is 10.1 Å². The number of hydrogen-bond acceptors (Lipinski definition) is 5. The Morgan fingerprint density at radius 1 is 1.08 bits per heavy atom. The summed E-state index contributed by atoms with van der Waals surface area (Å²) in [6.45, 7) is 3.13. The van der Waals surface area contributed by atoms with Gasteiger partial charge in [-0.25, -0.2) is 8.42 Å². The summed E-state index contributed by atoms with van der Waals surface area (Å²) in [5, 5.41) is 11.2. The van der Waals surface area contributed by atoms with Gasteiger partial charge in [0.25, 0.3) is 5.69 Å². The van der Waals surface area contributed by atoms with Crippen LogP contribution in [0.5, 0.6) is 0 Å². The molecular weight excluding hydrogens is 354 g/mol. The summed E-state index contributed by atoms with van der Waals surface area (Å²) in [5.41, 5.74) is -0.358. The molecule has 0 amide bonds. The fourth-order valence-corrected chi connectivity index (χ4v) is 6.13. The van der Waals surface area contributed by atoms with Crippen molar-refractivity contribution in [1.29, 1.82) is 0 Å². The van der Waals surface area contributed by atoms with Crippen molar-refractivity contribution in [2.24, 2.45) is 17.8 Å². The number of hydrogen-bond donors (Lipinski definition) is 0. The normalized spacial score (nSPS) is 29.3. The van der Waals surface area contributed by atoms with Gasteiger partial charge in [-0.2, -0.15) is 4.31 Å². The molecule has 1 saturated heterocycles. The molecule has 0 spiro atoms. The molecule has 1 aliphatic heterocycles. The van der Waals surface area contributed by atoms with E-state index in [0.29, 0.717) is 38.0 Å². The molecule has 1 heterocycles. The number of nitro benzene ring substituents is 1. The molecule has 4 rings (SSSR count). The fourth-order valence-electron chi connectivity index (χ4n) is 4.55. The van der Waals surface area contributed by atoms with Crippen molar-refractivity contribution in [1.82, 2.24) is 9.21 Å². The number of nitro groups is 1. The third-order valence-electron chi connectivity index (χ3n) is 5.92. The highest BCUT2D eigenvalue weighted by Crippen LogP contribution is 2.43. The molecule has 2 fully saturated rings. The molecule has 1 aromatic rings. The Morgan fingerprint density at radius 3 is 2.42 bits per heavy atom. The van der Waals surface area contributed by atoms with Crippen molar-refractivity contribution in [3.8, 4) is 0 Å². The second-order valence-corrected chi connectivity index (χ2v) is 9.38. The molecule has 3 atom stereocenters. The van der Waals surface area contributed by atoms with Crippen LogP contribution in [0.4, 0.5) is 5.69 Å². The summed E-state index contributed by atoms with van der Waals surface area (Å²) in [5.74, 6) is 2.11. The highest BCUT2D eigenvalue weighted by molar-refractivity contribution is 7.89. The van der Waals surface area contributed by atoms with E-state index in [1.54, 1.807) is 0 Å². The third kappa shape index (κ3) is 3.17. The van der Waals surface area contributed by atoms with Gasteiger partial charge < -0.3 is 4.90 Å². The summed E-state index contributed by atoms with van der Waals surface area (Å²) in [6, 6.07) is 5.57. The van der Waals surface area contributed by atoms with Gasteiger partial charge in [-0.05, 0) is 36.7 Å². The van der Waals surface area contributed by atoms with E-state index in [2.05, 4.69) is 17.1 Å². The van der Waals surface area contributed by atoms with E-state index in [9.17, 15) is 18.5 Å². The van der Waals surface area contributed by atoms with Crippen molar-refractivity contribution in [2.75, 3.05) is 32.7 Å². The number of benzene rings is 1. The zero-order chi connectivity index (χ0) is 18.3. The van der Waals surface area contributed by atoms with E-state index in [1.807, 2.05) is 0 Å². The van der Waals surface area contributed by atoms with Crippen LogP contribution in [0.1, 0.15) is 12.8 Å². The van der Waals surface area contributed by atoms with Gasteiger partial charge in [-0.15, -0.1) is 0 Å². The smallest absolute Gasteiger partial charge is 0.289 e. The Labute approximate surface area is 153 Å². The Balaban J connectivity index is 1.41. The van der Waals surface area contributed by atoms with Crippen LogP contribution in [0.15, 0.2) is 41.3 Å². The maximum Gasteiger partial charge on any atom is 0.289 e. The average molecular weight is 377 g/mol. The zero-order valence-corrected chi connectivity index (χ0v) is 15.3. The largest absolute Gasteiger partial charge is 0.300 e. The Morgan fingerprint density at radius 2 is 1.81 bits per heavy atom. The number of fused-ring (bicyclic) bond motifs is 2. The van der Waals surface area contributed by atoms with E-state index in [0.717, 1.165) is 12.5 Å². The zero-order valence-electron chi connectivity index (χ0n) is 14.5. The Bertz CT molecular complexity index is 831. The van der Waals surface area contributed by atoms with Gasteiger partial charge in [0, 0.05) is 38.8 Å². The summed E-state index contributed by atoms with van der Waals surface area (Å²) in [6.07, 6.45) is 7.19. The lowest BCUT2D eigenvalue weighted by Crippen LogP contribution is -2.50. The van der Waals surface area contributed by atoms with Crippen LogP contribution in [0.25, 0.3) is 0 Å². The molecular formula is C18H23N3O4S. The van der Waals surface area contributed by atoms with E-state index in [4.69, 9.17) is 0 Å². The first kappa shape index (κ1) is 17.6. The van der Waals surface area contributed by atoms with Crippen LogP contribution >= 0.6 is 0 Å². The van der Waals surface area contributed by atoms with Gasteiger partial charge in [-0.1, -0.05) is 24.3 Å². The SMILES string of the molecule is O=[N+]([O-])c1ccccc1S(=O)(=O)N1CCN(C[C@@H]2C[C@H]3C=C[C@@H]2C3)CC1. The molecule has 8 heteroatoms. The molecule has 0 N–H and O–H groups in total. The lowest BCUT2D eigenvalue weighted by Gasteiger charge is -2.36. The number of allylic oxidation sites excluding steroid dienone is 2. The Kier molecular flexibility index (Phi) is 4.58. The second-order valence-electron chi connectivity index (χ2n) is 7.47. The second kappa shape index (κ2) is 6.75. The monoisotopic (exact) mass is 377 g/mol. The summed E-state index contributed by atoms with van der Waals surface area (Å²) >= 11 is 0. The lowest BCUT2D eigenvalue weighted by molar-refractivity contribution is -0.387. The number of rotatable bonds is 5. The fraction of sp³-hybridized carbons (Fsp3) is 0.556. The van der Waals surface area contributed by atoms with Crippen molar-refractivity contribution < 1.29 is 13.3 Å². The average Bonchev–Trinajstić information content (AvgIpc) is 3.25. The Hall–Kier alpha value is -1.77. The first-order chi connectivity index (χ1) is 12.4. The number of para-hydroxylation sites is 1. The quantitative estimate of drug-likeness (QED) is 0.446. The van der Waals surface area contributed by atoms with Crippen molar-refractivity contribution in [3.05, 3.63) is 46.5 Å². The predicted molar refractivity (Wildman–Crippen MR) is 97.1 cm³/mol. The van der Waals surface area contributed by atoms with Crippen molar-refractivity contribution in [3.63, 3.8) is 0 Å². The maximum atomic E-state index is 12.9. The maximum absolute atomic E-state index is 12.9. The van der Waals surface area contributed by atoms with Crippen molar-refractivity contribution in [2.45, 2.75) is 17.7 Å². The molecule has 140 valence electrons. The molecule has 7 nitrogen and oxygen atoms in total. The van der Waals surface area contributed by atoms with Crippen LogP contribution < -0.4 is 0 Å². The molecule has 1 saturated carbocycles. The molecule has 2 bridgehead atoms. The van der Waals surface area contributed by atoms with E-state index in [-0.39, 0.29) is 10.6 Å². The first-order valence-electron chi connectivity index (χ1n) is 9.09. The molecule has 1 aromatic carbocycles. The van der Waals surface area contributed by atoms with Crippen LogP contribution in [-0.4, -0.2) is 55.3 Å². The van der Waals surface area contributed by atoms with Crippen LogP contribution in [0, 0.1) is 27.9 Å². The number of sulfonamides is 1. The minimum Gasteiger partial charge on any atom is -0.300 e. The van der Waals surface area contributed by atoms with Gasteiger partial charge in [0.1, 0.15) is 0 Å². The lowest BCUT2D eigenvalue weighted by atomic mass is 9.93. The first-order valence-corrected chi connectivity index (χ1v) is 10.5. The van der Waals surface area contributed by atoms with E-state index in [1.165, 1.54) is 41.4 Å². The third-order valence-corrected chi connectivity index (χ3v) is 7.87. The molecule has 0 unspecified atom stereocenters. The van der Waals surface area contributed by atoms with Gasteiger partial charge in [0.2, 0.25) is 10.0 Å². The molecule has 26 heavy (non-hydrogen) atoms. The number of nitrogens with zero attached hydrogens (tertiary/aromatic N) is 3. The molecule has 3 aliphatic rings. The van der Waals surface area contributed by atoms with Gasteiger partial charge >= 0.3 is 0 Å². The highest BCUT2D eigenvalue weighted by atomic mass is 32.2. The highest BCUT2D eigenvalue weighted by Gasteiger charge is 2.38. The molecule has 0 radical (unpaired) electrons. The van der Waals surface area contributed by atoms with Crippen LogP contribution in [0.2, 0.25) is 0 Å². The van der Waals surface area contributed by atoms with Gasteiger partial charge in [0.15, 0.2) is 4.90 Å². The minimum absolute atomic E-state index is 0.211. The standard InChI is InChI=1S/C18H23N3O4S/c22-21(23)17-3-1-2-4-18(17)26(24,25)20-9-7-19(8-10-20)13-16-12-14-5-6-15(16)11-14/h1-6,14-16H,7-13H2/t14-,15+,16-/m0/s1. The summed E-state index contributed by atoms with van der Waals surface area (Å²) in [7, 11) is -3.84. The summed E-state index contributed by atoms with van der Waals surface area (Å²) < 4.78 is 27.1. The van der Waals surface area contributed by atoms with Crippen LogP contribution in [-0.2, 0) is 10.0 Å². The molecule has 2 aliphatic carbocycles. The minimum atomic E-state index is -3.84. The predicted octanol–water partition coefficient (Wildman–Crippen LogP) is 2.11. The van der Waals surface area contributed by atoms with Crippen molar-refractivity contribution >= 4 is 15.7 Å². The topological polar surface area (TPSA) is 83.8 Å². The summed E-state index contributed by atoms with van der Waals surface area (Å²) in [4.78, 5) is 12.7. The van der Waals surface area contributed by atoms with E-state index >= 15 is 0 Å². The van der Waals surface area contributed by atoms with E-state index < -0.39 is 14.9 Å². The number of piperazine rings is 1. The van der Waals surface area contributed by atoms with Gasteiger partial charge in [0.05, 0.1) is 4.92 Å². The van der Waals surface area contributed by atoms with Crippen LogP contribution in [0.3, 0.4) is 0 Å². The molecule has 0 aromatic heterocycles.